The summed E-state index contributed by atoms with van der Waals surface area (Å²) in [7, 11) is 0. The van der Waals surface area contributed by atoms with Gasteiger partial charge >= 0.3 is 6.03 Å². The SMILES string of the molecule is CCN(C(N)=O)c1cc2ccc(-c3cc(F)ccc3C)cc2cn1. The molecule has 0 aliphatic carbocycles. The number of primary amides is 1. The first-order chi connectivity index (χ1) is 11.5. The van der Waals surface area contributed by atoms with Gasteiger partial charge in [-0.05, 0) is 60.2 Å². The number of aryl methyl sites for hydroxylation is 1. The van der Waals surface area contributed by atoms with Crippen molar-refractivity contribution in [3.05, 3.63) is 60.0 Å². The van der Waals surface area contributed by atoms with E-state index in [1.165, 1.54) is 17.0 Å². The van der Waals surface area contributed by atoms with Crippen LogP contribution >= 0.6 is 0 Å². The maximum absolute atomic E-state index is 13.5. The van der Waals surface area contributed by atoms with Crippen LogP contribution in [0.5, 0.6) is 0 Å². The van der Waals surface area contributed by atoms with Gasteiger partial charge in [0, 0.05) is 18.1 Å². The lowest BCUT2D eigenvalue weighted by atomic mass is 9.98. The predicted molar refractivity (Wildman–Crippen MR) is 94.5 cm³/mol. The van der Waals surface area contributed by atoms with E-state index in [-0.39, 0.29) is 5.82 Å². The fourth-order valence-corrected chi connectivity index (χ4v) is 2.78. The third-order valence-corrected chi connectivity index (χ3v) is 4.08. The van der Waals surface area contributed by atoms with Crippen molar-refractivity contribution in [2.24, 2.45) is 5.73 Å². The van der Waals surface area contributed by atoms with Crippen LogP contribution in [0.25, 0.3) is 21.9 Å². The average Bonchev–Trinajstić information content (AvgIpc) is 2.57. The second-order valence-corrected chi connectivity index (χ2v) is 5.65. The summed E-state index contributed by atoms with van der Waals surface area (Å²) in [4.78, 5) is 17.2. The number of aromatic nitrogens is 1. The van der Waals surface area contributed by atoms with Gasteiger partial charge in [0.25, 0.3) is 0 Å². The molecule has 0 saturated heterocycles. The summed E-state index contributed by atoms with van der Waals surface area (Å²) in [6, 6.07) is 11.9. The third-order valence-electron chi connectivity index (χ3n) is 4.08. The molecule has 3 rings (SSSR count). The molecule has 2 aromatic carbocycles. The first-order valence-corrected chi connectivity index (χ1v) is 7.73. The average molecular weight is 323 g/mol. The number of hydrogen-bond donors (Lipinski definition) is 1. The number of nitrogens with two attached hydrogens (primary N) is 1. The largest absolute Gasteiger partial charge is 0.351 e. The highest BCUT2D eigenvalue weighted by Gasteiger charge is 2.12. The van der Waals surface area contributed by atoms with Gasteiger partial charge in [-0.2, -0.15) is 0 Å². The molecule has 0 spiro atoms. The number of benzene rings is 2. The van der Waals surface area contributed by atoms with E-state index in [1.54, 1.807) is 12.3 Å². The normalized spacial score (nSPS) is 10.8. The maximum atomic E-state index is 13.5. The van der Waals surface area contributed by atoms with Crippen LogP contribution in [0.3, 0.4) is 0 Å². The standard InChI is InChI=1S/C19H18FN3O/c1-3-23(19(21)24)18-9-13-5-6-14(8-15(13)11-22-18)17-10-16(20)7-4-12(17)2/h4-11H,3H2,1-2H3,(H2,21,24). The molecule has 2 N–H and O–H groups in total. The van der Waals surface area contributed by atoms with E-state index in [0.29, 0.717) is 12.4 Å². The van der Waals surface area contributed by atoms with E-state index < -0.39 is 6.03 Å². The number of amides is 2. The molecule has 0 aliphatic heterocycles. The summed E-state index contributed by atoms with van der Waals surface area (Å²) >= 11 is 0. The van der Waals surface area contributed by atoms with Crippen LogP contribution in [0, 0.1) is 12.7 Å². The van der Waals surface area contributed by atoms with E-state index in [9.17, 15) is 9.18 Å². The Balaban J connectivity index is 2.07. The zero-order chi connectivity index (χ0) is 17.3. The van der Waals surface area contributed by atoms with E-state index in [4.69, 9.17) is 5.73 Å². The number of hydrogen-bond acceptors (Lipinski definition) is 2. The second-order valence-electron chi connectivity index (χ2n) is 5.65. The number of carbonyl (C=O) groups excluding carboxylic acids is 1. The van der Waals surface area contributed by atoms with Crippen molar-refractivity contribution in [2.75, 3.05) is 11.4 Å². The van der Waals surface area contributed by atoms with Crippen molar-refractivity contribution in [2.45, 2.75) is 13.8 Å². The van der Waals surface area contributed by atoms with Crippen molar-refractivity contribution in [1.29, 1.82) is 0 Å². The summed E-state index contributed by atoms with van der Waals surface area (Å²) < 4.78 is 13.5. The molecule has 1 heterocycles. The summed E-state index contributed by atoms with van der Waals surface area (Å²) in [5.74, 6) is 0.261. The minimum atomic E-state index is -0.531. The van der Waals surface area contributed by atoms with Gasteiger partial charge < -0.3 is 5.73 Å². The summed E-state index contributed by atoms with van der Waals surface area (Å²) in [6.45, 7) is 4.24. The van der Waals surface area contributed by atoms with Crippen molar-refractivity contribution in [3.63, 3.8) is 0 Å². The maximum Gasteiger partial charge on any atom is 0.320 e. The molecular formula is C19H18FN3O. The van der Waals surface area contributed by atoms with Gasteiger partial charge in [-0.15, -0.1) is 0 Å². The first kappa shape index (κ1) is 15.9. The molecule has 0 fully saturated rings. The molecule has 1 aromatic heterocycles. The minimum absolute atomic E-state index is 0.260. The topological polar surface area (TPSA) is 59.2 Å². The number of halogens is 1. The summed E-state index contributed by atoms with van der Waals surface area (Å²) in [5.41, 5.74) is 8.15. The van der Waals surface area contributed by atoms with Crippen LogP contribution in [0.15, 0.2) is 48.7 Å². The zero-order valence-corrected chi connectivity index (χ0v) is 13.6. The first-order valence-electron chi connectivity index (χ1n) is 7.73. The molecule has 0 radical (unpaired) electrons. The number of carbonyl (C=O) groups is 1. The fourth-order valence-electron chi connectivity index (χ4n) is 2.78. The van der Waals surface area contributed by atoms with Gasteiger partial charge in [0.15, 0.2) is 0 Å². The van der Waals surface area contributed by atoms with Crippen LogP contribution in [0.1, 0.15) is 12.5 Å². The number of fused-ring (bicyclic) bond motifs is 1. The van der Waals surface area contributed by atoms with Crippen molar-refractivity contribution in [3.8, 4) is 11.1 Å². The van der Waals surface area contributed by atoms with Crippen molar-refractivity contribution >= 4 is 22.6 Å². The Labute approximate surface area is 139 Å². The van der Waals surface area contributed by atoms with Gasteiger partial charge in [0.2, 0.25) is 0 Å². The fraction of sp³-hybridized carbons (Fsp3) is 0.158. The smallest absolute Gasteiger partial charge is 0.320 e. The van der Waals surface area contributed by atoms with Crippen LogP contribution in [0.2, 0.25) is 0 Å². The number of nitrogens with zero attached hydrogens (tertiary/aromatic N) is 2. The van der Waals surface area contributed by atoms with Gasteiger partial charge in [0.05, 0.1) is 0 Å². The minimum Gasteiger partial charge on any atom is -0.351 e. The Morgan fingerprint density at radius 2 is 1.96 bits per heavy atom. The lowest BCUT2D eigenvalue weighted by molar-refractivity contribution is 0.254. The number of rotatable bonds is 3. The molecule has 24 heavy (non-hydrogen) atoms. The third kappa shape index (κ3) is 2.93. The Morgan fingerprint density at radius 3 is 2.67 bits per heavy atom. The molecule has 0 aliphatic rings. The lowest BCUT2D eigenvalue weighted by Gasteiger charge is -2.17. The monoisotopic (exact) mass is 323 g/mol. The molecule has 0 atom stereocenters. The van der Waals surface area contributed by atoms with Gasteiger partial charge in [0.1, 0.15) is 11.6 Å². The number of pyridine rings is 1. The molecular weight excluding hydrogens is 305 g/mol. The zero-order valence-electron chi connectivity index (χ0n) is 13.6. The summed E-state index contributed by atoms with van der Waals surface area (Å²) in [6.07, 6.45) is 1.70. The Morgan fingerprint density at radius 1 is 1.17 bits per heavy atom. The van der Waals surface area contributed by atoms with Gasteiger partial charge in [-0.1, -0.05) is 18.2 Å². The quantitative estimate of drug-likeness (QED) is 0.783. The lowest BCUT2D eigenvalue weighted by Crippen LogP contribution is -2.36. The van der Waals surface area contributed by atoms with Crippen molar-refractivity contribution < 1.29 is 9.18 Å². The van der Waals surface area contributed by atoms with Crippen LogP contribution < -0.4 is 10.6 Å². The molecule has 122 valence electrons. The van der Waals surface area contributed by atoms with Crippen LogP contribution in [-0.2, 0) is 0 Å². The molecule has 5 heteroatoms. The predicted octanol–water partition coefficient (Wildman–Crippen LogP) is 4.25. The highest BCUT2D eigenvalue weighted by molar-refractivity contribution is 5.94. The molecule has 0 unspecified atom stereocenters. The second kappa shape index (κ2) is 6.28. The van der Waals surface area contributed by atoms with Gasteiger partial charge in [-0.3, -0.25) is 4.90 Å². The van der Waals surface area contributed by atoms with E-state index in [1.807, 2.05) is 38.1 Å². The highest BCUT2D eigenvalue weighted by atomic mass is 19.1. The van der Waals surface area contributed by atoms with Crippen LogP contribution in [0.4, 0.5) is 15.0 Å². The van der Waals surface area contributed by atoms with E-state index >= 15 is 0 Å². The number of urea groups is 1. The number of anilines is 1. The Kier molecular flexibility index (Phi) is 4.16. The highest BCUT2D eigenvalue weighted by Crippen LogP contribution is 2.28. The Bertz CT molecular complexity index is 924. The summed E-state index contributed by atoms with van der Waals surface area (Å²) in [5, 5.41) is 1.86. The molecule has 0 bridgehead atoms. The molecule has 3 aromatic rings. The Hall–Kier alpha value is -2.95. The molecule has 4 nitrogen and oxygen atoms in total. The van der Waals surface area contributed by atoms with E-state index in [0.717, 1.165) is 27.5 Å². The van der Waals surface area contributed by atoms with Gasteiger partial charge in [-0.25, -0.2) is 14.2 Å². The van der Waals surface area contributed by atoms with E-state index in [2.05, 4.69) is 4.98 Å². The molecule has 0 saturated carbocycles. The van der Waals surface area contributed by atoms with Crippen LogP contribution in [-0.4, -0.2) is 17.6 Å². The molecule has 2 amide bonds. The van der Waals surface area contributed by atoms with Crippen molar-refractivity contribution in [1.82, 2.24) is 4.98 Å².